The molecule has 4 atom stereocenters. The first-order chi connectivity index (χ1) is 12.9. The quantitative estimate of drug-likeness (QED) is 0.557. The van der Waals surface area contributed by atoms with E-state index in [1.807, 2.05) is 25.1 Å². The van der Waals surface area contributed by atoms with Gasteiger partial charge in [-0.1, -0.05) is 24.6 Å². The third kappa shape index (κ3) is 4.01. The average molecular weight is 392 g/mol. The highest BCUT2D eigenvalue weighted by Gasteiger charge is 2.50. The maximum Gasteiger partial charge on any atom is 0.306 e. The molecule has 0 heterocycles. The molecule has 0 bridgehead atoms. The lowest BCUT2D eigenvalue weighted by Crippen LogP contribution is -2.46. The number of hydrogen-bond donors (Lipinski definition) is 1. The fraction of sp³-hybridized carbons (Fsp3) is 0.636. The lowest BCUT2D eigenvalue weighted by atomic mass is 9.56. The SMILES string of the molecule is CCOC(=O)CC1(CC)CCC2CC(c3ccc(N)cc3Cl)CCC2C1=O. The lowest BCUT2D eigenvalue weighted by molar-refractivity contribution is -0.154. The summed E-state index contributed by atoms with van der Waals surface area (Å²) in [6.07, 6.45) is 5.53. The number of nitrogens with two attached hydrogens (primary N) is 1. The molecule has 5 heteroatoms. The minimum Gasteiger partial charge on any atom is -0.466 e. The third-order valence-electron chi connectivity index (χ3n) is 6.76. The number of carbonyl (C=O) groups is 2. The minimum atomic E-state index is -0.529. The summed E-state index contributed by atoms with van der Waals surface area (Å²) < 4.78 is 5.14. The second-order valence-corrected chi connectivity index (χ2v) is 8.58. The summed E-state index contributed by atoms with van der Waals surface area (Å²) in [7, 11) is 0. The number of rotatable bonds is 5. The predicted molar refractivity (Wildman–Crippen MR) is 108 cm³/mol. The molecule has 4 unspecified atom stereocenters. The number of benzene rings is 1. The van der Waals surface area contributed by atoms with Crippen molar-refractivity contribution in [3.05, 3.63) is 28.8 Å². The van der Waals surface area contributed by atoms with Gasteiger partial charge in [-0.05, 0) is 75.0 Å². The van der Waals surface area contributed by atoms with Gasteiger partial charge in [0.25, 0.3) is 0 Å². The number of ether oxygens (including phenoxy) is 1. The Balaban J connectivity index is 1.73. The monoisotopic (exact) mass is 391 g/mol. The first-order valence-electron chi connectivity index (χ1n) is 10.1. The van der Waals surface area contributed by atoms with E-state index in [2.05, 4.69) is 0 Å². The van der Waals surface area contributed by atoms with Gasteiger partial charge in [-0.25, -0.2) is 0 Å². The molecular weight excluding hydrogens is 362 g/mol. The van der Waals surface area contributed by atoms with E-state index in [4.69, 9.17) is 22.1 Å². The first kappa shape index (κ1) is 20.2. The van der Waals surface area contributed by atoms with E-state index < -0.39 is 5.41 Å². The summed E-state index contributed by atoms with van der Waals surface area (Å²) in [5.74, 6) is 0.875. The molecular formula is C22H30ClNO3. The molecule has 2 N–H and O–H groups in total. The molecule has 148 valence electrons. The van der Waals surface area contributed by atoms with Crippen molar-refractivity contribution in [1.29, 1.82) is 0 Å². The standard InChI is InChI=1S/C22H30ClNO3/c1-3-22(13-20(25)27-4-2)10-9-15-11-14(5-7-18(15)21(22)26)17-8-6-16(24)12-19(17)23/h6,8,12,14-15,18H,3-5,7,9-11,13,24H2,1-2H3. The topological polar surface area (TPSA) is 69.4 Å². The third-order valence-corrected chi connectivity index (χ3v) is 7.09. The fourth-order valence-electron chi connectivity index (χ4n) is 5.20. The van der Waals surface area contributed by atoms with Gasteiger partial charge in [-0.2, -0.15) is 0 Å². The summed E-state index contributed by atoms with van der Waals surface area (Å²) in [5, 5.41) is 0.728. The predicted octanol–water partition coefficient (Wildman–Crippen LogP) is 5.13. The molecule has 1 aromatic rings. The molecule has 1 aromatic carbocycles. The van der Waals surface area contributed by atoms with E-state index in [1.165, 1.54) is 0 Å². The largest absolute Gasteiger partial charge is 0.466 e. The molecule has 3 rings (SSSR count). The first-order valence-corrected chi connectivity index (χ1v) is 10.5. The van der Waals surface area contributed by atoms with Crippen LogP contribution in [0.25, 0.3) is 0 Å². The summed E-state index contributed by atoms with van der Waals surface area (Å²) >= 11 is 6.42. The van der Waals surface area contributed by atoms with E-state index in [-0.39, 0.29) is 24.1 Å². The number of anilines is 1. The Kier molecular flexibility index (Phi) is 6.15. The van der Waals surface area contributed by atoms with E-state index in [0.717, 1.165) is 42.7 Å². The molecule has 0 aliphatic heterocycles. The van der Waals surface area contributed by atoms with E-state index >= 15 is 0 Å². The highest BCUT2D eigenvalue weighted by molar-refractivity contribution is 6.31. The highest BCUT2D eigenvalue weighted by Crippen LogP contribution is 2.52. The molecule has 2 fully saturated rings. The number of carbonyl (C=O) groups excluding carboxylic acids is 2. The van der Waals surface area contributed by atoms with Crippen LogP contribution >= 0.6 is 11.6 Å². The normalized spacial score (nSPS) is 30.6. The second-order valence-electron chi connectivity index (χ2n) is 8.18. The van der Waals surface area contributed by atoms with Crippen molar-refractivity contribution in [3.63, 3.8) is 0 Å². The van der Waals surface area contributed by atoms with E-state index in [9.17, 15) is 9.59 Å². The molecule has 2 saturated carbocycles. The van der Waals surface area contributed by atoms with Crippen LogP contribution in [0.4, 0.5) is 5.69 Å². The molecule has 0 aromatic heterocycles. The van der Waals surface area contributed by atoms with Crippen LogP contribution in [-0.2, 0) is 14.3 Å². The van der Waals surface area contributed by atoms with Gasteiger partial charge in [0.05, 0.1) is 13.0 Å². The average Bonchev–Trinajstić information content (AvgIpc) is 2.64. The van der Waals surface area contributed by atoms with Crippen LogP contribution in [0.3, 0.4) is 0 Å². The van der Waals surface area contributed by atoms with Crippen LogP contribution in [0, 0.1) is 17.3 Å². The van der Waals surface area contributed by atoms with Crippen molar-refractivity contribution >= 4 is 29.0 Å². The van der Waals surface area contributed by atoms with Crippen LogP contribution in [0.2, 0.25) is 5.02 Å². The summed E-state index contributed by atoms with van der Waals surface area (Å²) in [5.41, 5.74) is 7.12. The van der Waals surface area contributed by atoms with Crippen LogP contribution in [0.15, 0.2) is 18.2 Å². The van der Waals surface area contributed by atoms with Crippen LogP contribution in [0.5, 0.6) is 0 Å². The molecule has 2 aliphatic carbocycles. The molecule has 0 amide bonds. The zero-order valence-corrected chi connectivity index (χ0v) is 17.1. The fourth-order valence-corrected chi connectivity index (χ4v) is 5.55. The second kappa shape index (κ2) is 8.22. The van der Waals surface area contributed by atoms with Gasteiger partial charge >= 0.3 is 5.97 Å². The summed E-state index contributed by atoms with van der Waals surface area (Å²) in [6, 6.07) is 5.75. The zero-order chi connectivity index (χ0) is 19.6. The smallest absolute Gasteiger partial charge is 0.306 e. The van der Waals surface area contributed by atoms with Gasteiger partial charge in [-0.15, -0.1) is 0 Å². The van der Waals surface area contributed by atoms with Crippen molar-refractivity contribution in [2.75, 3.05) is 12.3 Å². The molecule has 0 spiro atoms. The molecule has 4 nitrogen and oxygen atoms in total. The van der Waals surface area contributed by atoms with Crippen LogP contribution < -0.4 is 5.73 Å². The minimum absolute atomic E-state index is 0.0666. The number of fused-ring (bicyclic) bond motifs is 1. The molecule has 0 saturated heterocycles. The maximum atomic E-state index is 13.4. The van der Waals surface area contributed by atoms with Gasteiger partial charge in [0.2, 0.25) is 0 Å². The number of hydrogen-bond acceptors (Lipinski definition) is 4. The van der Waals surface area contributed by atoms with Crippen molar-refractivity contribution in [1.82, 2.24) is 0 Å². The Labute approximate surface area is 166 Å². The number of esters is 1. The zero-order valence-electron chi connectivity index (χ0n) is 16.3. The Morgan fingerprint density at radius 2 is 2.07 bits per heavy atom. The van der Waals surface area contributed by atoms with Gasteiger partial charge in [-0.3, -0.25) is 9.59 Å². The van der Waals surface area contributed by atoms with Crippen molar-refractivity contribution in [3.8, 4) is 0 Å². The van der Waals surface area contributed by atoms with Crippen LogP contribution in [0.1, 0.15) is 70.3 Å². The number of nitrogen functional groups attached to an aromatic ring is 1. The Morgan fingerprint density at radius 3 is 2.74 bits per heavy atom. The number of halogens is 1. The van der Waals surface area contributed by atoms with Gasteiger partial charge in [0.1, 0.15) is 5.78 Å². The van der Waals surface area contributed by atoms with Crippen molar-refractivity contribution in [2.24, 2.45) is 17.3 Å². The van der Waals surface area contributed by atoms with Gasteiger partial charge in [0, 0.05) is 22.0 Å². The lowest BCUT2D eigenvalue weighted by Gasteiger charge is -2.46. The molecule has 0 radical (unpaired) electrons. The Hall–Kier alpha value is -1.55. The van der Waals surface area contributed by atoms with E-state index in [1.54, 1.807) is 6.92 Å². The molecule has 27 heavy (non-hydrogen) atoms. The van der Waals surface area contributed by atoms with E-state index in [0.29, 0.717) is 30.6 Å². The highest BCUT2D eigenvalue weighted by atomic mass is 35.5. The van der Waals surface area contributed by atoms with Crippen LogP contribution in [-0.4, -0.2) is 18.4 Å². The maximum absolute atomic E-state index is 13.4. The summed E-state index contributed by atoms with van der Waals surface area (Å²) in [4.78, 5) is 25.4. The Morgan fingerprint density at radius 1 is 1.30 bits per heavy atom. The van der Waals surface area contributed by atoms with Crippen molar-refractivity contribution < 1.29 is 14.3 Å². The number of Topliss-reactive ketones (excluding diaryl/α,β-unsaturated/α-hetero) is 1. The summed E-state index contributed by atoms with van der Waals surface area (Å²) in [6.45, 7) is 4.19. The van der Waals surface area contributed by atoms with Crippen molar-refractivity contribution in [2.45, 2.75) is 64.7 Å². The number of ketones is 1. The van der Waals surface area contributed by atoms with Gasteiger partial charge in [0.15, 0.2) is 0 Å². The van der Waals surface area contributed by atoms with Gasteiger partial charge < -0.3 is 10.5 Å². The molecule has 2 aliphatic rings. The Bertz CT molecular complexity index is 720.